The van der Waals surface area contributed by atoms with Crippen LogP contribution in [0.5, 0.6) is 0 Å². The highest BCUT2D eigenvalue weighted by atomic mass is 16.5. The Bertz CT molecular complexity index is 2940. The normalized spacial score (nSPS) is 12.7. The summed E-state index contributed by atoms with van der Waals surface area (Å²) in [4.78, 5) is 231. The van der Waals surface area contributed by atoms with Crippen molar-refractivity contribution in [2.45, 2.75) is 88.0 Å². The molecular weight excluding hydrogens is 1130 g/mol. The fraction of sp³-hybridized carbons (Fsp3) is 0.280. The lowest BCUT2D eigenvalue weighted by atomic mass is 9.92. The molecule has 0 fully saturated rings. The van der Waals surface area contributed by atoms with Crippen LogP contribution in [-0.2, 0) is 89.8 Å². The summed E-state index contributed by atoms with van der Waals surface area (Å²) in [6.07, 6.45) is -8.46. The highest BCUT2D eigenvalue weighted by Gasteiger charge is 2.38. The highest BCUT2D eigenvalue weighted by molar-refractivity contribution is 6.44. The summed E-state index contributed by atoms with van der Waals surface area (Å²) in [6.45, 7) is -1.38. The fourth-order valence-electron chi connectivity index (χ4n) is 6.99. The van der Waals surface area contributed by atoms with Crippen molar-refractivity contribution in [2.24, 2.45) is 0 Å². The quantitative estimate of drug-likeness (QED) is 0.0158. The van der Waals surface area contributed by atoms with E-state index in [1.807, 2.05) is 0 Å². The van der Waals surface area contributed by atoms with E-state index in [9.17, 15) is 117 Å². The minimum absolute atomic E-state index is 0.203. The van der Waals surface area contributed by atoms with Crippen molar-refractivity contribution in [1.29, 1.82) is 0 Å². The molecule has 0 aromatic heterocycles. The first-order valence-corrected chi connectivity index (χ1v) is 23.7. The van der Waals surface area contributed by atoms with Gasteiger partial charge in [0.15, 0.2) is 0 Å². The van der Waals surface area contributed by atoms with Gasteiger partial charge in [0.1, 0.15) is 49.5 Å². The second-order valence-electron chi connectivity index (χ2n) is 17.3. The molecular formula is C50H48N6O28. The van der Waals surface area contributed by atoms with E-state index in [-0.39, 0.29) is 23.3 Å². The average Bonchev–Trinajstić information content (AvgIpc) is 1.26. The molecule has 0 aliphatic rings. The molecule has 0 bridgehead atoms. The number of carbonyl (C=O) groups is 18. The van der Waals surface area contributed by atoms with Crippen LogP contribution in [0.15, 0.2) is 72.8 Å². The lowest BCUT2D eigenvalue weighted by Crippen LogP contribution is -2.57. The first kappa shape index (κ1) is 66.8. The van der Waals surface area contributed by atoms with Gasteiger partial charge in [-0.1, -0.05) is 60.7 Å². The van der Waals surface area contributed by atoms with Crippen molar-refractivity contribution in [2.75, 3.05) is 0 Å². The topological polar surface area (TPSA) is 560 Å². The largest absolute Gasteiger partial charge is 0.481 e. The SMILES string of the molecule is O=C(O)CC(NC(=O)c1cc(C(=O)C(=O)OCc2ccccc2)c(C(=O)NC(CC(=O)O)C(=O)N[C@@H](CC(=O)O)C(=O)N[C@@H](CC(=O)O)C(=O)O)cc1C(=O)C(=O)OCc1ccccc1)C(=O)N[C@@H](CC(=O)O)C(=O)N[C@@H](CC(=O)O)C(=O)O. The molecule has 34 nitrogen and oxygen atoms in total. The Morgan fingerprint density at radius 2 is 0.560 bits per heavy atom. The number of carboxylic acid groups (broad SMARTS) is 8. The number of hydrogen-bond acceptors (Lipinski definition) is 20. The molecule has 14 N–H and O–H groups in total. The second-order valence-corrected chi connectivity index (χ2v) is 17.3. The number of nitrogens with one attached hydrogen (secondary N) is 6. The molecule has 0 heterocycles. The lowest BCUT2D eigenvalue weighted by Gasteiger charge is -2.24. The van der Waals surface area contributed by atoms with Crippen LogP contribution in [-0.4, -0.2) is 184 Å². The molecule has 2 unspecified atom stereocenters. The fourth-order valence-corrected chi connectivity index (χ4v) is 6.99. The zero-order valence-electron chi connectivity index (χ0n) is 42.8. The van der Waals surface area contributed by atoms with E-state index in [1.165, 1.54) is 48.5 Å². The zero-order valence-corrected chi connectivity index (χ0v) is 42.8. The number of carboxylic acids is 8. The van der Waals surface area contributed by atoms with Crippen molar-refractivity contribution < 1.29 is 137 Å². The van der Waals surface area contributed by atoms with Crippen molar-refractivity contribution >= 4 is 107 Å². The number of hydrogen-bond donors (Lipinski definition) is 14. The standard InChI is InChI=1S/C50H48N6O28/c57-33(58)13-27(43(73)53-29(15-35(61)62)45(75)55-31(47(77)78)17-37(65)66)51-41(71)25-12-24(40(70)50(82)84-20-22-9-5-2-6-10-22)26(11-23(25)39(69)49(81)83-19-21-7-3-1-4-8-21)42(72)52-28(14-34(59)60)44(74)54-30(16-36(63)64)46(76)56-32(48(79)80)18-38(67)68/h1-12,27-32H,13-20H2,(H,51,71)(H,52,72)(H,53,73)(H,54,74)(H,55,75)(H,56,76)(H,57,58)(H,59,60)(H,61,62)(H,63,64)(H,65,66)(H,67,68)(H,77,78)(H,79,80)/t27?,28?,29-,30-,31-,32-/m0/s1. The summed E-state index contributed by atoms with van der Waals surface area (Å²) < 4.78 is 10.1. The lowest BCUT2D eigenvalue weighted by molar-refractivity contribution is -0.148. The number of carbonyl (C=O) groups excluding carboxylic acids is 10. The van der Waals surface area contributed by atoms with E-state index in [0.717, 1.165) is 0 Å². The number of benzene rings is 3. The van der Waals surface area contributed by atoms with Crippen molar-refractivity contribution in [3.63, 3.8) is 0 Å². The third-order valence-electron chi connectivity index (χ3n) is 10.9. The Labute approximate surface area is 468 Å². The molecule has 3 aromatic carbocycles. The Morgan fingerprint density at radius 3 is 0.810 bits per heavy atom. The van der Waals surface area contributed by atoms with Crippen LogP contribution in [0.2, 0.25) is 0 Å². The molecule has 3 rings (SSSR count). The minimum Gasteiger partial charge on any atom is -0.481 e. The highest BCUT2D eigenvalue weighted by Crippen LogP contribution is 2.23. The molecule has 84 heavy (non-hydrogen) atoms. The van der Waals surface area contributed by atoms with Gasteiger partial charge in [-0.05, 0) is 23.3 Å². The van der Waals surface area contributed by atoms with E-state index in [1.54, 1.807) is 44.0 Å². The number of rotatable bonds is 34. The summed E-state index contributed by atoms with van der Waals surface area (Å²) in [7, 11) is 0. The predicted octanol–water partition coefficient (Wildman–Crippen LogP) is -3.31. The van der Waals surface area contributed by atoms with Crippen molar-refractivity contribution in [3.05, 3.63) is 106 Å². The number of esters is 2. The van der Waals surface area contributed by atoms with Gasteiger partial charge in [0.2, 0.25) is 23.6 Å². The summed E-state index contributed by atoms with van der Waals surface area (Å²) >= 11 is 0. The van der Waals surface area contributed by atoms with Crippen LogP contribution < -0.4 is 31.9 Å². The second kappa shape index (κ2) is 31.3. The Kier molecular flexibility index (Phi) is 24.9. The third-order valence-corrected chi connectivity index (χ3v) is 10.9. The van der Waals surface area contributed by atoms with E-state index < -0.39 is 217 Å². The van der Waals surface area contributed by atoms with Gasteiger partial charge in [-0.25, -0.2) is 19.2 Å². The van der Waals surface area contributed by atoms with Crippen LogP contribution in [0.4, 0.5) is 0 Å². The van der Waals surface area contributed by atoms with Gasteiger partial charge in [-0.2, -0.15) is 0 Å². The van der Waals surface area contributed by atoms with Gasteiger partial charge in [0.25, 0.3) is 23.4 Å². The van der Waals surface area contributed by atoms with E-state index in [0.29, 0.717) is 0 Å². The first-order chi connectivity index (χ1) is 39.4. The summed E-state index contributed by atoms with van der Waals surface area (Å²) in [5.41, 5.74) is -4.91. The number of amides is 6. The molecule has 34 heteroatoms. The summed E-state index contributed by atoms with van der Waals surface area (Å²) in [6, 6.07) is 0.702. The van der Waals surface area contributed by atoms with Gasteiger partial charge >= 0.3 is 59.7 Å². The Balaban J connectivity index is 2.32. The number of aliphatic carboxylic acids is 8. The summed E-state index contributed by atoms with van der Waals surface area (Å²) in [5, 5.41) is 85.9. The Morgan fingerprint density at radius 1 is 0.321 bits per heavy atom. The van der Waals surface area contributed by atoms with Crippen LogP contribution in [0, 0.1) is 0 Å². The van der Waals surface area contributed by atoms with Gasteiger partial charge in [0.05, 0.1) is 49.7 Å². The number of ketones is 2. The van der Waals surface area contributed by atoms with Gasteiger partial charge in [0, 0.05) is 11.1 Å². The third kappa shape index (κ3) is 21.3. The van der Waals surface area contributed by atoms with Crippen LogP contribution in [0.25, 0.3) is 0 Å². The average molecular weight is 1180 g/mol. The maximum Gasteiger partial charge on any atom is 0.380 e. The monoisotopic (exact) mass is 1180 g/mol. The molecule has 0 radical (unpaired) electrons. The molecule has 0 saturated heterocycles. The smallest absolute Gasteiger partial charge is 0.380 e. The van der Waals surface area contributed by atoms with Gasteiger partial charge < -0.3 is 82.2 Å². The van der Waals surface area contributed by atoms with E-state index in [4.69, 9.17) is 19.7 Å². The van der Waals surface area contributed by atoms with Crippen LogP contribution >= 0.6 is 0 Å². The first-order valence-electron chi connectivity index (χ1n) is 23.7. The summed E-state index contributed by atoms with van der Waals surface area (Å²) in [5.74, 6) is -33.4. The van der Waals surface area contributed by atoms with Crippen molar-refractivity contribution in [1.82, 2.24) is 31.9 Å². The zero-order chi connectivity index (χ0) is 63.1. The van der Waals surface area contributed by atoms with Gasteiger partial charge in [-0.3, -0.25) is 67.1 Å². The molecule has 0 aliphatic heterocycles. The molecule has 0 saturated carbocycles. The maximum atomic E-state index is 14.4. The van der Waals surface area contributed by atoms with Crippen molar-refractivity contribution in [3.8, 4) is 0 Å². The Hall–Kier alpha value is -11.5. The molecule has 0 aliphatic carbocycles. The van der Waals surface area contributed by atoms with Gasteiger partial charge in [-0.15, -0.1) is 0 Å². The molecule has 446 valence electrons. The van der Waals surface area contributed by atoms with Crippen LogP contribution in [0.3, 0.4) is 0 Å². The maximum absolute atomic E-state index is 14.4. The molecule has 6 atom stereocenters. The van der Waals surface area contributed by atoms with E-state index in [2.05, 4.69) is 0 Å². The number of ether oxygens (including phenoxy) is 2. The van der Waals surface area contributed by atoms with Crippen LogP contribution in [0.1, 0.15) is 91.1 Å². The predicted molar refractivity (Wildman–Crippen MR) is 267 cm³/mol. The number of Topliss-reactive ketones (excluding diaryl/α,β-unsaturated/α-hetero) is 2. The molecule has 3 aromatic rings. The van der Waals surface area contributed by atoms with E-state index >= 15 is 0 Å². The molecule has 6 amide bonds. The minimum atomic E-state index is -2.53. The molecule has 0 spiro atoms.